The van der Waals surface area contributed by atoms with E-state index < -0.39 is 17.8 Å². The van der Waals surface area contributed by atoms with Gasteiger partial charge in [-0.05, 0) is 116 Å². The largest absolute Gasteiger partial charge is 0.486 e. The van der Waals surface area contributed by atoms with E-state index in [0.717, 1.165) is 59.6 Å². The van der Waals surface area contributed by atoms with Crippen molar-refractivity contribution in [2.24, 2.45) is 0 Å². The molecular formula is C83H78Cl3N21O10. The fourth-order valence-electron chi connectivity index (χ4n) is 12.6. The van der Waals surface area contributed by atoms with Gasteiger partial charge in [-0.1, -0.05) is 144 Å². The second kappa shape index (κ2) is 33.1. The summed E-state index contributed by atoms with van der Waals surface area (Å²) in [4.78, 5) is 102. The number of hydrogen-bond acceptors (Lipinski definition) is 19. The van der Waals surface area contributed by atoms with Crippen LogP contribution in [-0.4, -0.2) is 111 Å². The number of nitrogens with one attached hydrogen (secondary N) is 6. The predicted molar refractivity (Wildman–Crippen MR) is 441 cm³/mol. The zero-order valence-electron chi connectivity index (χ0n) is 64.0. The summed E-state index contributed by atoms with van der Waals surface area (Å²) in [5.74, 6) is 4.12. The van der Waals surface area contributed by atoms with Gasteiger partial charge >= 0.3 is 5.97 Å². The molecule has 6 aromatic carbocycles. The summed E-state index contributed by atoms with van der Waals surface area (Å²) in [5, 5.41) is 40.8. The average molecular weight is 1640 g/mol. The third-order valence-electron chi connectivity index (χ3n) is 18.9. The van der Waals surface area contributed by atoms with Crippen LogP contribution in [0.1, 0.15) is 163 Å². The smallest absolute Gasteiger partial charge is 0.341 e. The van der Waals surface area contributed by atoms with Crippen molar-refractivity contribution < 1.29 is 33.7 Å². The number of rotatable bonds is 20. The monoisotopic (exact) mass is 1630 g/mol. The highest BCUT2D eigenvalue weighted by Gasteiger charge is 2.33. The Morgan fingerprint density at radius 2 is 0.829 bits per heavy atom. The van der Waals surface area contributed by atoms with Gasteiger partial charge in [0.1, 0.15) is 65.4 Å². The summed E-state index contributed by atoms with van der Waals surface area (Å²) in [6.45, 7) is 12.2. The molecule has 0 unspecified atom stereocenters. The zero-order chi connectivity index (χ0) is 82.0. The SMILES string of the molecule is CC(C)(C)n1nc(C2CC2)cc1N.CC(C)(C)n1nc(C2CC2)cc1NC(=O)c1c(Cl)cccc1OCc1cc(=O)n2[nH]c(-c3ccccc3)nc2n1.O=C(Nc1cc(C2CC2)[nH]n1)c1c(Cl)cccc1OCc1cc(=O)n2[nH]c(-c3ccccc3)nc2n1.O=C(O)c1c(Cl)cccc1OCc1cc(=O)n2[nH]c(-c3ccccc3)nc2n1. The fourth-order valence-corrected chi connectivity index (χ4v) is 13.4. The first-order chi connectivity index (χ1) is 56.2. The number of carboxylic acids is 1. The Balaban J connectivity index is 0.000000129. The van der Waals surface area contributed by atoms with Crippen molar-refractivity contribution in [1.82, 2.24) is 88.5 Å². The molecule has 9 aromatic heterocycles. The number of benzene rings is 6. The van der Waals surface area contributed by atoms with Crippen LogP contribution in [0.2, 0.25) is 15.1 Å². The molecule has 0 atom stereocenters. The molecule has 3 aliphatic rings. The Morgan fingerprint density at radius 1 is 0.462 bits per heavy atom. The first-order valence-electron chi connectivity index (χ1n) is 37.5. The predicted octanol–water partition coefficient (Wildman–Crippen LogP) is 14.7. The first-order valence-corrected chi connectivity index (χ1v) is 38.6. The molecule has 9 heterocycles. The van der Waals surface area contributed by atoms with Crippen molar-refractivity contribution in [2.45, 2.75) is 129 Å². The quantitative estimate of drug-likeness (QED) is 0.0351. The van der Waals surface area contributed by atoms with Crippen molar-refractivity contribution in [3.63, 3.8) is 0 Å². The molecule has 18 rings (SSSR count). The number of anilines is 3. The van der Waals surface area contributed by atoms with Crippen LogP contribution in [0, 0.1) is 0 Å². The van der Waals surface area contributed by atoms with Crippen LogP contribution in [0.5, 0.6) is 17.2 Å². The minimum atomic E-state index is -1.20. The molecule has 0 aliphatic heterocycles. The summed E-state index contributed by atoms with van der Waals surface area (Å²) in [5.41, 5.74) is 11.4. The Labute approximate surface area is 681 Å². The molecule has 3 saturated carbocycles. The Kier molecular flexibility index (Phi) is 22.3. The highest BCUT2D eigenvalue weighted by atomic mass is 35.5. The number of fused-ring (bicyclic) bond motifs is 3. The molecule has 34 heteroatoms. The molecule has 15 aromatic rings. The molecule has 0 radical (unpaired) electrons. The Morgan fingerprint density at radius 3 is 1.21 bits per heavy atom. The molecule has 0 bridgehead atoms. The number of nitrogens with zero attached hydrogens (tertiary/aromatic N) is 14. The van der Waals surface area contributed by atoms with Crippen molar-refractivity contribution in [2.75, 3.05) is 16.4 Å². The lowest BCUT2D eigenvalue weighted by Crippen LogP contribution is -2.27. The number of ether oxygens (including phenoxy) is 3. The van der Waals surface area contributed by atoms with Gasteiger partial charge in [0.05, 0.1) is 54.6 Å². The summed E-state index contributed by atoms with van der Waals surface area (Å²) in [6.07, 6.45) is 7.00. The van der Waals surface area contributed by atoms with Gasteiger partial charge in [-0.15, -0.1) is 0 Å². The van der Waals surface area contributed by atoms with E-state index >= 15 is 0 Å². The highest BCUT2D eigenvalue weighted by molar-refractivity contribution is 6.35. The molecule has 3 aliphatic carbocycles. The van der Waals surface area contributed by atoms with Crippen molar-refractivity contribution in [1.29, 1.82) is 0 Å². The molecule has 2 amide bonds. The van der Waals surface area contributed by atoms with Gasteiger partial charge in [0.25, 0.3) is 45.8 Å². The third-order valence-corrected chi connectivity index (χ3v) is 19.8. The Bertz CT molecular complexity index is 6400. The average Bonchev–Trinajstić information content (AvgIpc) is 1.68. The summed E-state index contributed by atoms with van der Waals surface area (Å²) in [6, 6.07) is 52.4. The molecule has 117 heavy (non-hydrogen) atoms. The van der Waals surface area contributed by atoms with E-state index in [-0.39, 0.29) is 114 Å². The number of amides is 2. The second-order valence-corrected chi connectivity index (χ2v) is 31.3. The Hall–Kier alpha value is -13.5. The maximum atomic E-state index is 13.5. The van der Waals surface area contributed by atoms with E-state index in [1.807, 2.05) is 139 Å². The van der Waals surface area contributed by atoms with Gasteiger partial charge in [0.15, 0.2) is 23.3 Å². The molecule has 0 spiro atoms. The van der Waals surface area contributed by atoms with Gasteiger partial charge in [0, 0.05) is 76.5 Å². The van der Waals surface area contributed by atoms with Gasteiger partial charge in [0.2, 0.25) is 0 Å². The fraction of sp³-hybridized carbons (Fsp3) is 0.241. The van der Waals surface area contributed by atoms with Gasteiger partial charge < -0.3 is 35.7 Å². The number of nitrogen functional groups attached to an aromatic ring is 1. The molecule has 3 fully saturated rings. The van der Waals surface area contributed by atoms with E-state index in [9.17, 15) is 33.9 Å². The van der Waals surface area contributed by atoms with Crippen LogP contribution < -0.4 is 47.3 Å². The van der Waals surface area contributed by atoms with Crippen molar-refractivity contribution in [3.05, 3.63) is 279 Å². The molecule has 0 saturated heterocycles. The van der Waals surface area contributed by atoms with Crippen LogP contribution in [-0.2, 0) is 30.9 Å². The number of carbonyl (C=O) groups excluding carboxylic acids is 2. The van der Waals surface area contributed by atoms with Crippen molar-refractivity contribution >= 4 is 87.4 Å². The van der Waals surface area contributed by atoms with Gasteiger partial charge in [-0.25, -0.2) is 29.1 Å². The molecular weight excluding hydrogens is 1560 g/mol. The minimum absolute atomic E-state index is 0.00275. The lowest BCUT2D eigenvalue weighted by Gasteiger charge is -2.22. The van der Waals surface area contributed by atoms with Gasteiger partial charge in [-0.3, -0.25) is 44.4 Å². The zero-order valence-corrected chi connectivity index (χ0v) is 66.3. The highest BCUT2D eigenvalue weighted by Crippen LogP contribution is 2.43. The maximum Gasteiger partial charge on any atom is 0.341 e. The normalized spacial score (nSPS) is 13.2. The number of hydrogen-bond donors (Lipinski definition) is 8. The minimum Gasteiger partial charge on any atom is -0.486 e. The van der Waals surface area contributed by atoms with E-state index in [1.165, 1.54) is 62.4 Å². The topological polar surface area (TPSA) is 403 Å². The second-order valence-electron chi connectivity index (χ2n) is 30.0. The molecule has 596 valence electrons. The maximum absolute atomic E-state index is 13.5. The first kappa shape index (κ1) is 78.7. The van der Waals surface area contributed by atoms with Crippen LogP contribution in [0.25, 0.3) is 51.5 Å². The lowest BCUT2D eigenvalue weighted by atomic mass is 10.1. The molecule has 9 N–H and O–H groups in total. The number of H-pyrrole nitrogens is 4. The number of nitrogens with two attached hydrogens (primary N) is 1. The number of aromatic amines is 4. The number of aromatic nitrogens is 18. The van der Waals surface area contributed by atoms with Crippen LogP contribution in [0.3, 0.4) is 0 Å². The number of carbonyl (C=O) groups is 3. The lowest BCUT2D eigenvalue weighted by molar-refractivity contribution is 0.0691. The number of aromatic carboxylic acids is 1. The summed E-state index contributed by atoms with van der Waals surface area (Å²) >= 11 is 18.8. The summed E-state index contributed by atoms with van der Waals surface area (Å²) in [7, 11) is 0. The van der Waals surface area contributed by atoms with Crippen molar-refractivity contribution in [3.8, 4) is 51.4 Å². The van der Waals surface area contributed by atoms with E-state index in [4.69, 9.17) is 59.8 Å². The van der Waals surface area contributed by atoms with Gasteiger partial charge in [-0.2, -0.15) is 43.8 Å². The standard InChI is InChI=1S/C29H28ClN7O3.C25H20ClN7O3.C19H13ClN4O4.C10H17N3/c1-29(2,3)37-23(15-21(34-37)17-12-13-17)32-27(39)25-20(30)10-7-11-22(25)40-16-19-14-24(38)36-28(31-19)33-26(35-36)18-8-5-4-6-9-18;26-17-7-4-8-19(22(17)24(35)28-20-12-18(30-31-20)14-9-10-14)36-13-16-11-21(34)33-25(27-16)29-23(32-33)15-5-2-1-3-6-15;20-13-7-4-8-14(16(13)18(26)27)28-10-12-9-15(25)24-19(21-12)22-17(23-24)11-5-2-1-3-6-11;1-10(2,3)13-9(11)6-8(12-13)7-4-5-7/h4-11,14-15,17H,12-13,16H2,1-3H3,(H,32,39)(H,31,33,35);1-8,11-12,14H,9-10,13H2,(H,27,29,32)(H2,28,30,31,35);1-9H,10H2,(H,26,27)(H,21,22,23);6-7H,4-5,11H2,1-3H3. The van der Waals surface area contributed by atoms with Crippen LogP contribution >= 0.6 is 34.8 Å². The molecule has 31 nitrogen and oxygen atoms in total. The number of halogens is 3. The summed E-state index contributed by atoms with van der Waals surface area (Å²) < 4.78 is 24.9. The van der Waals surface area contributed by atoms with E-state index in [0.29, 0.717) is 63.9 Å². The van der Waals surface area contributed by atoms with Crippen LogP contribution in [0.15, 0.2) is 196 Å². The number of carboxylic acid groups (broad SMARTS) is 1. The van der Waals surface area contributed by atoms with E-state index in [1.54, 1.807) is 42.5 Å². The van der Waals surface area contributed by atoms with E-state index in [2.05, 4.69) is 91.9 Å². The third kappa shape index (κ3) is 18.3. The van der Waals surface area contributed by atoms with Crippen LogP contribution in [0.4, 0.5) is 17.5 Å².